The van der Waals surface area contributed by atoms with E-state index < -0.39 is 79.4 Å². The summed E-state index contributed by atoms with van der Waals surface area (Å²) < 4.78 is 58.0. The van der Waals surface area contributed by atoms with Crippen molar-refractivity contribution in [3.05, 3.63) is 29.6 Å². The zero-order valence-electron chi connectivity index (χ0n) is 41.6. The molecule has 11 unspecified atom stereocenters. The van der Waals surface area contributed by atoms with Crippen LogP contribution in [0, 0.1) is 5.41 Å². The topological polar surface area (TPSA) is 312 Å². The van der Waals surface area contributed by atoms with E-state index >= 15 is 0 Å². The molecule has 2 saturated heterocycles. The van der Waals surface area contributed by atoms with E-state index in [9.17, 15) is 35.4 Å². The maximum absolute atomic E-state index is 13.3. The largest absolute Gasteiger partial charge is 0.490 e. The summed E-state index contributed by atoms with van der Waals surface area (Å²) in [6.45, 7) is 12.6. The lowest BCUT2D eigenvalue weighted by atomic mass is 9.94. The summed E-state index contributed by atoms with van der Waals surface area (Å²) in [6, 6.07) is 2.83. The van der Waals surface area contributed by atoms with Crippen LogP contribution in [0.2, 0.25) is 0 Å². The second-order valence-corrected chi connectivity index (χ2v) is 18.0. The van der Waals surface area contributed by atoms with E-state index in [1.807, 2.05) is 6.92 Å². The van der Waals surface area contributed by atoms with Crippen molar-refractivity contribution in [2.24, 2.45) is 22.7 Å². The standard InChI is InChI=1S/C48H86N4O17/c1-6-10-11-12-13-15-18-21-60-29-48(5,30-61-22-19-16-14-17-20-49)31-62-27-33(50)25-52(51)26-36-38(53)40(55)42(57)46(67-36)69-47-43(58)41(56)39(54)37(68-47)28-66-45(59)32-23-34(63-7-2)44(65-9-4)35(24-32)64-8-3/h23-25,36-43,46-47,53-58H,6-22,26-31,49-51H2,1-5H3/b33-25-. The van der Waals surface area contributed by atoms with Crippen LogP contribution in [0.4, 0.5) is 0 Å². The first-order valence-corrected chi connectivity index (χ1v) is 24.8. The number of hydrogen-bond donors (Lipinski definition) is 9. The Morgan fingerprint density at radius 1 is 0.681 bits per heavy atom. The van der Waals surface area contributed by atoms with Crippen molar-refractivity contribution in [2.45, 2.75) is 167 Å². The van der Waals surface area contributed by atoms with Crippen molar-refractivity contribution in [1.29, 1.82) is 0 Å². The first kappa shape index (κ1) is 60.2. The number of aliphatic hydroxyl groups excluding tert-OH is 6. The van der Waals surface area contributed by atoms with Crippen molar-refractivity contribution < 1.29 is 82.8 Å². The van der Waals surface area contributed by atoms with E-state index in [2.05, 4.69) is 6.92 Å². The molecule has 21 heteroatoms. The summed E-state index contributed by atoms with van der Waals surface area (Å²) in [7, 11) is 0. The molecular formula is C48H86N4O17. The van der Waals surface area contributed by atoms with E-state index in [-0.39, 0.29) is 55.7 Å². The lowest BCUT2D eigenvalue weighted by Gasteiger charge is -2.45. The molecule has 69 heavy (non-hydrogen) atoms. The number of ether oxygens (including phenoxy) is 10. The van der Waals surface area contributed by atoms with Crippen LogP contribution in [-0.2, 0) is 33.2 Å². The van der Waals surface area contributed by atoms with Gasteiger partial charge in [0.25, 0.3) is 0 Å². The fraction of sp³-hybridized carbons (Fsp3) is 0.812. The van der Waals surface area contributed by atoms with Gasteiger partial charge in [0.15, 0.2) is 24.1 Å². The Morgan fingerprint density at radius 2 is 1.17 bits per heavy atom. The number of hydrogen-bond acceptors (Lipinski definition) is 21. The molecule has 2 aliphatic rings. The molecule has 12 N–H and O–H groups in total. The number of nitrogens with zero attached hydrogens (tertiary/aromatic N) is 1. The molecule has 2 heterocycles. The summed E-state index contributed by atoms with van der Waals surface area (Å²) >= 11 is 0. The Hall–Kier alpha value is -3.13. The SMILES string of the molecule is CCCCCCCCCOCC(C)(COCCCCCCN)COC/C(N)=C/N(N)CC1OC(OC2OC(COC(=O)c3cc(OCC)c(OCC)c(OCC)c3)C(O)C(O)C2O)C(O)C(O)C1O. The van der Waals surface area contributed by atoms with Crippen LogP contribution in [0.15, 0.2) is 24.0 Å². The van der Waals surface area contributed by atoms with Gasteiger partial charge in [-0.3, -0.25) is 0 Å². The van der Waals surface area contributed by atoms with Crippen LogP contribution in [0.1, 0.15) is 116 Å². The monoisotopic (exact) mass is 991 g/mol. The second kappa shape index (κ2) is 32.8. The third-order valence-corrected chi connectivity index (χ3v) is 11.6. The number of carbonyl (C=O) groups excluding carboxylic acids is 1. The molecule has 1 aromatic rings. The van der Waals surface area contributed by atoms with E-state index in [1.165, 1.54) is 50.4 Å². The van der Waals surface area contributed by atoms with Gasteiger partial charge < -0.3 is 94.5 Å². The predicted molar refractivity (Wildman–Crippen MR) is 254 cm³/mol. The van der Waals surface area contributed by atoms with Crippen molar-refractivity contribution in [3.63, 3.8) is 0 Å². The van der Waals surface area contributed by atoms with Gasteiger partial charge >= 0.3 is 5.97 Å². The van der Waals surface area contributed by atoms with Gasteiger partial charge in [-0.2, -0.15) is 0 Å². The molecule has 11 atom stereocenters. The Balaban J connectivity index is 1.59. The molecule has 3 rings (SSSR count). The molecule has 0 spiro atoms. The summed E-state index contributed by atoms with van der Waals surface area (Å²) in [5.74, 6) is 6.18. The van der Waals surface area contributed by atoms with Crippen molar-refractivity contribution in [3.8, 4) is 17.2 Å². The maximum Gasteiger partial charge on any atom is 0.338 e. The van der Waals surface area contributed by atoms with Crippen molar-refractivity contribution >= 4 is 5.97 Å². The van der Waals surface area contributed by atoms with Crippen LogP contribution < -0.4 is 31.5 Å². The minimum Gasteiger partial charge on any atom is -0.490 e. The van der Waals surface area contributed by atoms with Crippen LogP contribution in [0.5, 0.6) is 17.2 Å². The lowest BCUT2D eigenvalue weighted by molar-refractivity contribution is -0.375. The first-order valence-electron chi connectivity index (χ1n) is 24.8. The zero-order chi connectivity index (χ0) is 50.8. The molecule has 21 nitrogen and oxygen atoms in total. The highest BCUT2D eigenvalue weighted by atomic mass is 16.8. The Bertz CT molecular complexity index is 1570. The lowest BCUT2D eigenvalue weighted by Crippen LogP contribution is -2.64. The molecule has 0 aliphatic carbocycles. The minimum atomic E-state index is -1.90. The first-order chi connectivity index (χ1) is 33.1. The Kier molecular flexibility index (Phi) is 28.6. The molecule has 0 aromatic heterocycles. The van der Waals surface area contributed by atoms with E-state index in [0.29, 0.717) is 45.3 Å². The number of hydrazine groups is 1. The van der Waals surface area contributed by atoms with Gasteiger partial charge in [0.1, 0.15) is 55.4 Å². The number of rotatable bonds is 36. The summed E-state index contributed by atoms with van der Waals surface area (Å²) in [4.78, 5) is 13.3. The number of carbonyl (C=O) groups is 1. The molecule has 0 bridgehead atoms. The number of benzene rings is 1. The quantitative estimate of drug-likeness (QED) is 0.0201. The third kappa shape index (κ3) is 20.5. The zero-order valence-corrected chi connectivity index (χ0v) is 41.6. The van der Waals surface area contributed by atoms with Gasteiger partial charge in [0.05, 0.1) is 64.1 Å². The Labute approximate surface area is 408 Å². The van der Waals surface area contributed by atoms with Gasteiger partial charge in [0, 0.05) is 24.8 Å². The van der Waals surface area contributed by atoms with E-state index in [4.69, 9.17) is 64.7 Å². The predicted octanol–water partition coefficient (Wildman–Crippen LogP) is 1.97. The molecule has 0 saturated carbocycles. The van der Waals surface area contributed by atoms with Gasteiger partial charge in [-0.1, -0.05) is 65.2 Å². The molecule has 0 amide bonds. The molecule has 1 aromatic carbocycles. The Morgan fingerprint density at radius 3 is 1.71 bits per heavy atom. The smallest absolute Gasteiger partial charge is 0.338 e. The summed E-state index contributed by atoms with van der Waals surface area (Å²) in [5, 5.41) is 66.0. The van der Waals surface area contributed by atoms with Crippen molar-refractivity contribution in [1.82, 2.24) is 5.01 Å². The summed E-state index contributed by atoms with van der Waals surface area (Å²) in [5.41, 5.74) is 11.7. The normalized spacial score (nSPS) is 26.1. The molecule has 2 fully saturated rings. The fourth-order valence-electron chi connectivity index (χ4n) is 7.78. The number of esters is 1. The minimum absolute atomic E-state index is 0.00826. The molecule has 0 radical (unpaired) electrons. The number of nitrogens with two attached hydrogens (primary N) is 3. The highest BCUT2D eigenvalue weighted by molar-refractivity contribution is 5.91. The average molecular weight is 991 g/mol. The third-order valence-electron chi connectivity index (χ3n) is 11.6. The second-order valence-electron chi connectivity index (χ2n) is 18.0. The van der Waals surface area contributed by atoms with Crippen LogP contribution in [0.3, 0.4) is 0 Å². The average Bonchev–Trinajstić information content (AvgIpc) is 3.32. The molecule has 400 valence electrons. The highest BCUT2D eigenvalue weighted by Crippen LogP contribution is 2.39. The van der Waals surface area contributed by atoms with E-state index in [0.717, 1.165) is 43.5 Å². The molecular weight excluding hydrogens is 905 g/mol. The maximum atomic E-state index is 13.3. The van der Waals surface area contributed by atoms with Crippen molar-refractivity contribution in [2.75, 3.05) is 79.2 Å². The number of aliphatic hydroxyl groups is 6. The molecule has 2 aliphatic heterocycles. The van der Waals surface area contributed by atoms with Gasteiger partial charge in [-0.05, 0) is 58.7 Å². The highest BCUT2D eigenvalue weighted by Gasteiger charge is 2.50. The van der Waals surface area contributed by atoms with Gasteiger partial charge in [0.2, 0.25) is 5.75 Å². The van der Waals surface area contributed by atoms with E-state index in [1.54, 1.807) is 20.8 Å². The fourth-order valence-corrected chi connectivity index (χ4v) is 7.78. The van der Waals surface area contributed by atoms with Crippen LogP contribution in [-0.4, -0.2) is 182 Å². The number of unbranched alkanes of at least 4 members (excludes halogenated alkanes) is 9. The van der Waals surface area contributed by atoms with Gasteiger partial charge in [-0.15, -0.1) is 0 Å². The van der Waals surface area contributed by atoms with Crippen LogP contribution in [0.25, 0.3) is 0 Å². The van der Waals surface area contributed by atoms with Crippen LogP contribution >= 0.6 is 0 Å². The summed E-state index contributed by atoms with van der Waals surface area (Å²) in [6.07, 6.45) is -3.48. The van der Waals surface area contributed by atoms with Gasteiger partial charge in [-0.25, -0.2) is 10.6 Å².